The molecule has 0 aliphatic heterocycles. The Morgan fingerprint density at radius 1 is 1.19 bits per heavy atom. The van der Waals surface area contributed by atoms with E-state index in [0.717, 1.165) is 31.2 Å². The number of oxazole rings is 1. The van der Waals surface area contributed by atoms with Crippen molar-refractivity contribution in [2.75, 3.05) is 13.6 Å². The first-order chi connectivity index (χ1) is 13.0. The second-order valence-corrected chi connectivity index (χ2v) is 7.64. The molecule has 0 amide bonds. The number of aliphatic imine (C=N–C) groups is 1. The van der Waals surface area contributed by atoms with Crippen LogP contribution in [0, 0.1) is 0 Å². The van der Waals surface area contributed by atoms with E-state index in [0.29, 0.717) is 12.4 Å². The Kier molecular flexibility index (Phi) is 5.84. The van der Waals surface area contributed by atoms with Gasteiger partial charge in [0, 0.05) is 37.3 Å². The normalized spacial score (nSPS) is 12.5. The van der Waals surface area contributed by atoms with Crippen LogP contribution in [-0.4, -0.2) is 29.1 Å². The van der Waals surface area contributed by atoms with Gasteiger partial charge < -0.3 is 19.6 Å². The Labute approximate surface area is 160 Å². The van der Waals surface area contributed by atoms with E-state index in [-0.39, 0.29) is 5.41 Å². The van der Waals surface area contributed by atoms with Crippen molar-refractivity contribution in [3.05, 3.63) is 54.4 Å². The fraction of sp³-hybridized carbons (Fsp3) is 0.429. The molecule has 2 heterocycles. The standard InChI is InChI=1S/C21H29N5O/c1-21(2,3)18-14-24-19(27-18)15-25-20(22-4)23-11-7-12-26-13-10-16-8-5-6-9-17(16)26/h5-6,8-10,13-14H,7,11-12,15H2,1-4H3,(H2,22,23,25). The van der Waals surface area contributed by atoms with Gasteiger partial charge in [0.25, 0.3) is 0 Å². The molecule has 0 saturated heterocycles. The number of aromatic nitrogens is 2. The van der Waals surface area contributed by atoms with Gasteiger partial charge in [-0.2, -0.15) is 0 Å². The van der Waals surface area contributed by atoms with E-state index in [1.165, 1.54) is 10.9 Å². The number of rotatable bonds is 6. The maximum Gasteiger partial charge on any atom is 0.213 e. The molecule has 1 aromatic carbocycles. The average molecular weight is 367 g/mol. The highest BCUT2D eigenvalue weighted by molar-refractivity contribution is 5.80. The van der Waals surface area contributed by atoms with Crippen LogP contribution in [0.25, 0.3) is 10.9 Å². The summed E-state index contributed by atoms with van der Waals surface area (Å²) in [5.74, 6) is 2.31. The molecule has 0 aliphatic rings. The van der Waals surface area contributed by atoms with E-state index < -0.39 is 0 Å². The van der Waals surface area contributed by atoms with Crippen LogP contribution in [0.5, 0.6) is 0 Å². The molecular weight excluding hydrogens is 338 g/mol. The summed E-state index contributed by atoms with van der Waals surface area (Å²) in [5.41, 5.74) is 1.24. The number of nitrogens with one attached hydrogen (secondary N) is 2. The number of nitrogens with zero attached hydrogens (tertiary/aromatic N) is 3. The zero-order valence-corrected chi connectivity index (χ0v) is 16.6. The molecule has 27 heavy (non-hydrogen) atoms. The highest BCUT2D eigenvalue weighted by atomic mass is 16.4. The van der Waals surface area contributed by atoms with Crippen LogP contribution in [0.3, 0.4) is 0 Å². The third-order valence-corrected chi connectivity index (χ3v) is 4.47. The predicted octanol–water partition coefficient (Wildman–Crippen LogP) is 3.68. The minimum atomic E-state index is -0.0339. The van der Waals surface area contributed by atoms with Gasteiger partial charge in [-0.15, -0.1) is 0 Å². The summed E-state index contributed by atoms with van der Waals surface area (Å²) in [4.78, 5) is 8.59. The van der Waals surface area contributed by atoms with Gasteiger partial charge in [-0.1, -0.05) is 39.0 Å². The summed E-state index contributed by atoms with van der Waals surface area (Å²) in [7, 11) is 1.77. The van der Waals surface area contributed by atoms with Gasteiger partial charge in [0.2, 0.25) is 5.89 Å². The van der Waals surface area contributed by atoms with E-state index >= 15 is 0 Å². The van der Waals surface area contributed by atoms with Crippen LogP contribution in [0.4, 0.5) is 0 Å². The van der Waals surface area contributed by atoms with Gasteiger partial charge in [0.15, 0.2) is 5.96 Å². The van der Waals surface area contributed by atoms with Gasteiger partial charge in [-0.3, -0.25) is 4.99 Å². The van der Waals surface area contributed by atoms with Crippen LogP contribution < -0.4 is 10.6 Å². The molecule has 3 aromatic rings. The van der Waals surface area contributed by atoms with E-state index in [9.17, 15) is 0 Å². The fourth-order valence-electron chi connectivity index (χ4n) is 2.91. The van der Waals surface area contributed by atoms with E-state index in [1.807, 2.05) is 0 Å². The molecule has 0 unspecified atom stereocenters. The van der Waals surface area contributed by atoms with Crippen molar-refractivity contribution in [2.45, 2.75) is 45.7 Å². The Hall–Kier alpha value is -2.76. The second kappa shape index (κ2) is 8.29. The monoisotopic (exact) mass is 367 g/mol. The summed E-state index contributed by atoms with van der Waals surface area (Å²) >= 11 is 0. The van der Waals surface area contributed by atoms with E-state index in [1.54, 1.807) is 13.2 Å². The zero-order chi connectivity index (χ0) is 19.3. The van der Waals surface area contributed by atoms with E-state index in [4.69, 9.17) is 4.42 Å². The fourth-order valence-corrected chi connectivity index (χ4v) is 2.91. The number of aryl methyl sites for hydroxylation is 1. The lowest BCUT2D eigenvalue weighted by molar-refractivity contribution is 0.379. The number of benzene rings is 1. The maximum atomic E-state index is 5.80. The van der Waals surface area contributed by atoms with Crippen LogP contribution in [0.15, 0.2) is 52.1 Å². The quantitative estimate of drug-likeness (QED) is 0.396. The van der Waals surface area contributed by atoms with Crippen molar-refractivity contribution in [2.24, 2.45) is 4.99 Å². The number of para-hydroxylation sites is 1. The summed E-state index contributed by atoms with van der Waals surface area (Å²) in [6, 6.07) is 10.6. The molecule has 6 heteroatoms. The summed E-state index contributed by atoms with van der Waals surface area (Å²) in [6.07, 6.45) is 4.95. The Morgan fingerprint density at radius 3 is 2.74 bits per heavy atom. The molecule has 2 aromatic heterocycles. The van der Waals surface area contributed by atoms with Crippen LogP contribution in [0.2, 0.25) is 0 Å². The Balaban J connectivity index is 1.43. The van der Waals surface area contributed by atoms with Gasteiger partial charge in [-0.05, 0) is 23.9 Å². The van der Waals surface area contributed by atoms with Gasteiger partial charge in [-0.25, -0.2) is 4.98 Å². The Morgan fingerprint density at radius 2 is 2.00 bits per heavy atom. The third-order valence-electron chi connectivity index (χ3n) is 4.47. The largest absolute Gasteiger partial charge is 0.443 e. The first-order valence-electron chi connectivity index (χ1n) is 9.41. The minimum absolute atomic E-state index is 0.0339. The van der Waals surface area contributed by atoms with Crippen molar-refractivity contribution < 1.29 is 4.42 Å². The molecule has 2 N–H and O–H groups in total. The average Bonchev–Trinajstić information content (AvgIpc) is 3.28. The van der Waals surface area contributed by atoms with Crippen LogP contribution >= 0.6 is 0 Å². The number of guanidine groups is 1. The second-order valence-electron chi connectivity index (χ2n) is 7.64. The smallest absolute Gasteiger partial charge is 0.213 e. The van der Waals surface area contributed by atoms with E-state index in [2.05, 4.69) is 82.5 Å². The molecule has 0 saturated carbocycles. The van der Waals surface area contributed by atoms with Crippen LogP contribution in [0.1, 0.15) is 38.8 Å². The molecule has 0 atom stereocenters. The summed E-state index contributed by atoms with van der Waals surface area (Å²) in [6.45, 7) is 8.65. The first-order valence-corrected chi connectivity index (χ1v) is 9.41. The molecule has 0 aliphatic carbocycles. The van der Waals surface area contributed by atoms with Gasteiger partial charge in [0.1, 0.15) is 5.76 Å². The summed E-state index contributed by atoms with van der Waals surface area (Å²) < 4.78 is 8.08. The SMILES string of the molecule is CN=C(NCCCn1ccc2ccccc21)NCc1ncc(C(C)(C)C)o1. The lowest BCUT2D eigenvalue weighted by Crippen LogP contribution is -2.37. The van der Waals surface area contributed by atoms with Gasteiger partial charge in [0.05, 0.1) is 12.7 Å². The lowest BCUT2D eigenvalue weighted by Gasteiger charge is -2.13. The summed E-state index contributed by atoms with van der Waals surface area (Å²) in [5, 5.41) is 7.87. The van der Waals surface area contributed by atoms with Crippen molar-refractivity contribution in [1.82, 2.24) is 20.2 Å². The van der Waals surface area contributed by atoms with Crippen molar-refractivity contribution in [3.63, 3.8) is 0 Å². The molecule has 0 fully saturated rings. The molecule has 6 nitrogen and oxygen atoms in total. The zero-order valence-electron chi connectivity index (χ0n) is 16.6. The molecule has 144 valence electrons. The lowest BCUT2D eigenvalue weighted by atomic mass is 9.94. The van der Waals surface area contributed by atoms with Gasteiger partial charge >= 0.3 is 0 Å². The third kappa shape index (κ3) is 4.90. The van der Waals surface area contributed by atoms with Crippen molar-refractivity contribution in [3.8, 4) is 0 Å². The number of hydrogen-bond donors (Lipinski definition) is 2. The highest BCUT2D eigenvalue weighted by Crippen LogP contribution is 2.22. The topological polar surface area (TPSA) is 67.4 Å². The predicted molar refractivity (Wildman–Crippen MR) is 110 cm³/mol. The first kappa shape index (κ1) is 19.0. The molecule has 0 spiro atoms. The molecule has 0 radical (unpaired) electrons. The van der Waals surface area contributed by atoms with Crippen molar-refractivity contribution in [1.29, 1.82) is 0 Å². The molecular formula is C21H29N5O. The highest BCUT2D eigenvalue weighted by Gasteiger charge is 2.19. The molecule has 0 bridgehead atoms. The minimum Gasteiger partial charge on any atom is -0.443 e. The Bertz CT molecular complexity index is 901. The number of hydrogen-bond acceptors (Lipinski definition) is 3. The van der Waals surface area contributed by atoms with Crippen molar-refractivity contribution >= 4 is 16.9 Å². The number of fused-ring (bicyclic) bond motifs is 1. The maximum absolute atomic E-state index is 5.80. The van der Waals surface area contributed by atoms with Crippen LogP contribution in [-0.2, 0) is 18.5 Å². The molecule has 3 rings (SSSR count).